The van der Waals surface area contributed by atoms with Crippen molar-refractivity contribution in [3.05, 3.63) is 132 Å². The van der Waals surface area contributed by atoms with Gasteiger partial charge >= 0.3 is 0 Å². The van der Waals surface area contributed by atoms with E-state index in [9.17, 15) is 0 Å². The third-order valence-electron chi connectivity index (χ3n) is 6.71. The summed E-state index contributed by atoms with van der Waals surface area (Å²) in [6.07, 6.45) is 20.1. The van der Waals surface area contributed by atoms with Gasteiger partial charge in [-0.2, -0.15) is 15.3 Å². The highest BCUT2D eigenvalue weighted by atomic mass is 15.3. The van der Waals surface area contributed by atoms with Crippen LogP contribution in [0.1, 0.15) is 29.7 Å². The van der Waals surface area contributed by atoms with Crippen molar-refractivity contribution in [2.75, 3.05) is 6.54 Å². The summed E-state index contributed by atoms with van der Waals surface area (Å²) in [6.45, 7) is 8.86. The van der Waals surface area contributed by atoms with Crippen LogP contribution in [0.25, 0.3) is 11.4 Å². The van der Waals surface area contributed by atoms with E-state index in [2.05, 4.69) is 109 Å². The molecule has 0 saturated carbocycles. The molecule has 2 atom stereocenters. The summed E-state index contributed by atoms with van der Waals surface area (Å²) in [5, 5.41) is 17.2. The highest BCUT2D eigenvalue weighted by molar-refractivity contribution is 6.04. The lowest BCUT2D eigenvalue weighted by molar-refractivity contribution is 0.553. The molecule has 3 aliphatic heterocycles. The zero-order valence-corrected chi connectivity index (χ0v) is 24.0. The normalized spacial score (nSPS) is 17.6. The van der Waals surface area contributed by atoms with Crippen LogP contribution in [0.5, 0.6) is 0 Å². The molecule has 5 heterocycles. The highest BCUT2D eigenvalue weighted by Gasteiger charge is 2.16. The fraction of sp³-hybridized carbons (Fsp3) is 0.206. The van der Waals surface area contributed by atoms with Gasteiger partial charge < -0.3 is 16.1 Å². The molecular formula is C34H38N8. The van der Waals surface area contributed by atoms with Gasteiger partial charge in [-0.05, 0) is 86.0 Å². The first-order chi connectivity index (χ1) is 20.7. The van der Waals surface area contributed by atoms with Gasteiger partial charge in [0.05, 0.1) is 29.7 Å². The Balaban J connectivity index is 0.000000199. The molecule has 6 rings (SSSR count). The van der Waals surface area contributed by atoms with E-state index in [1.807, 2.05) is 55.6 Å². The van der Waals surface area contributed by atoms with E-state index in [-0.39, 0.29) is 6.04 Å². The number of aryl methyl sites for hydroxylation is 2. The van der Waals surface area contributed by atoms with Crippen molar-refractivity contribution in [3.63, 3.8) is 0 Å². The zero-order chi connectivity index (χ0) is 29.4. The summed E-state index contributed by atoms with van der Waals surface area (Å²) in [4.78, 5) is 8.61. The number of aromatic nitrogens is 2. The molecule has 1 aromatic carbocycles. The van der Waals surface area contributed by atoms with E-state index in [0.29, 0.717) is 6.04 Å². The van der Waals surface area contributed by atoms with Crippen LogP contribution in [0.3, 0.4) is 0 Å². The van der Waals surface area contributed by atoms with Crippen LogP contribution in [0.15, 0.2) is 131 Å². The molecule has 0 aliphatic carbocycles. The Bertz CT molecular complexity index is 1460. The van der Waals surface area contributed by atoms with Gasteiger partial charge in [-0.15, -0.1) is 0 Å². The standard InChI is InChI=1S/C21H24N4.C11H10N2.C2H4N2/c1-2-13-22-19(11-1)20-12-5-10-18(24-20)9-4-7-16-6-3-8-17(14-16)21-15-23-25-21;1-9-5-4-7-11(13-9)10-6-2-3-8-12-10;1-3-4-2/h1-3,5-6,8,10-14,18-19,22-24H,4,7,9,15H2;2-8H,1H3;1-2H2. The Morgan fingerprint density at radius 1 is 0.929 bits per heavy atom. The molecule has 2 aromatic heterocycles. The van der Waals surface area contributed by atoms with Crippen molar-refractivity contribution in [3.8, 4) is 11.4 Å². The van der Waals surface area contributed by atoms with E-state index in [4.69, 9.17) is 0 Å². The fourth-order valence-electron chi connectivity index (χ4n) is 4.56. The Labute approximate surface area is 248 Å². The van der Waals surface area contributed by atoms with Crippen LogP contribution in [0.4, 0.5) is 0 Å². The number of dihydropyridines is 2. The maximum Gasteiger partial charge on any atom is 0.0889 e. The zero-order valence-electron chi connectivity index (χ0n) is 24.0. The monoisotopic (exact) mass is 558 g/mol. The fourth-order valence-corrected chi connectivity index (χ4v) is 4.56. The predicted octanol–water partition coefficient (Wildman–Crippen LogP) is 5.52. The maximum atomic E-state index is 4.38. The molecule has 0 amide bonds. The van der Waals surface area contributed by atoms with E-state index < -0.39 is 0 Å². The van der Waals surface area contributed by atoms with Gasteiger partial charge in [0.2, 0.25) is 0 Å². The minimum absolute atomic E-state index is 0.256. The van der Waals surface area contributed by atoms with Crippen molar-refractivity contribution in [1.29, 1.82) is 0 Å². The second kappa shape index (κ2) is 16.2. The lowest BCUT2D eigenvalue weighted by Gasteiger charge is -2.27. The van der Waals surface area contributed by atoms with Crippen LogP contribution in [0.2, 0.25) is 0 Å². The molecule has 8 nitrogen and oxygen atoms in total. The molecule has 3 aromatic rings. The molecule has 0 saturated heterocycles. The lowest BCUT2D eigenvalue weighted by atomic mass is 9.99. The second-order valence-electron chi connectivity index (χ2n) is 9.79. The summed E-state index contributed by atoms with van der Waals surface area (Å²) in [6, 6.07) is 21.2. The second-order valence-corrected chi connectivity index (χ2v) is 9.79. The van der Waals surface area contributed by atoms with Crippen molar-refractivity contribution < 1.29 is 0 Å². The number of pyridine rings is 2. The topological polar surface area (TPSA) is 99.0 Å². The SMILES string of the molecule is C1=CNC(C2=CC=CC(CCCc3cccc(C4=NNC4)c3)N2)C=C1.C=NN=C.Cc1cccc(-c2ccccn2)n1. The van der Waals surface area contributed by atoms with E-state index in [1.54, 1.807) is 6.20 Å². The minimum Gasteiger partial charge on any atom is -0.380 e. The molecule has 0 radical (unpaired) electrons. The van der Waals surface area contributed by atoms with E-state index in [0.717, 1.165) is 48.6 Å². The number of hydrazone groups is 1. The number of nitrogens with zero attached hydrogens (tertiary/aromatic N) is 5. The molecule has 2 unspecified atom stereocenters. The molecule has 42 heavy (non-hydrogen) atoms. The molecule has 3 aliphatic rings. The minimum atomic E-state index is 0.256. The van der Waals surface area contributed by atoms with Crippen molar-refractivity contribution in [2.24, 2.45) is 15.3 Å². The molecule has 8 heteroatoms. The first kappa shape index (κ1) is 29.9. The summed E-state index contributed by atoms with van der Waals surface area (Å²) < 4.78 is 0. The Hall–Kier alpha value is -5.11. The number of hydrogen-bond acceptors (Lipinski definition) is 8. The van der Waals surface area contributed by atoms with Gasteiger partial charge in [0.25, 0.3) is 0 Å². The summed E-state index contributed by atoms with van der Waals surface area (Å²) in [5.41, 5.74) is 10.9. The third-order valence-corrected chi connectivity index (χ3v) is 6.71. The van der Waals surface area contributed by atoms with Crippen LogP contribution in [-0.4, -0.2) is 47.7 Å². The van der Waals surface area contributed by atoms with Gasteiger partial charge in [-0.25, -0.2) is 0 Å². The first-order valence-corrected chi connectivity index (χ1v) is 14.1. The van der Waals surface area contributed by atoms with Crippen LogP contribution >= 0.6 is 0 Å². The number of benzene rings is 1. The molecular weight excluding hydrogens is 520 g/mol. The molecule has 214 valence electrons. The summed E-state index contributed by atoms with van der Waals surface area (Å²) in [5.74, 6) is 0. The van der Waals surface area contributed by atoms with Crippen molar-refractivity contribution in [2.45, 2.75) is 38.3 Å². The quantitative estimate of drug-likeness (QED) is 0.250. The number of nitrogens with one attached hydrogen (secondary N) is 3. The average molecular weight is 559 g/mol. The molecule has 0 fully saturated rings. The number of rotatable bonds is 8. The molecule has 3 N–H and O–H groups in total. The van der Waals surface area contributed by atoms with Gasteiger partial charge in [-0.1, -0.05) is 54.6 Å². The highest BCUT2D eigenvalue weighted by Crippen LogP contribution is 2.16. The van der Waals surface area contributed by atoms with E-state index >= 15 is 0 Å². The average Bonchev–Trinajstić information content (AvgIpc) is 3.02. The lowest BCUT2D eigenvalue weighted by Crippen LogP contribution is -2.39. The Kier molecular flexibility index (Phi) is 11.5. The van der Waals surface area contributed by atoms with Crippen LogP contribution in [0, 0.1) is 6.92 Å². The van der Waals surface area contributed by atoms with Gasteiger partial charge in [0.15, 0.2) is 0 Å². The van der Waals surface area contributed by atoms with Crippen LogP contribution < -0.4 is 16.1 Å². The number of allylic oxidation sites excluding steroid dienone is 4. The Morgan fingerprint density at radius 3 is 2.45 bits per heavy atom. The van der Waals surface area contributed by atoms with Crippen molar-refractivity contribution in [1.82, 2.24) is 26.0 Å². The van der Waals surface area contributed by atoms with Crippen molar-refractivity contribution >= 4 is 19.1 Å². The van der Waals surface area contributed by atoms with Gasteiger partial charge in [-0.3, -0.25) is 9.97 Å². The third kappa shape index (κ3) is 9.23. The Morgan fingerprint density at radius 2 is 1.76 bits per heavy atom. The molecule has 0 spiro atoms. The summed E-state index contributed by atoms with van der Waals surface area (Å²) >= 11 is 0. The van der Waals surface area contributed by atoms with Gasteiger partial charge in [0, 0.05) is 37.1 Å². The number of hydrogen-bond donors (Lipinski definition) is 3. The van der Waals surface area contributed by atoms with Crippen LogP contribution in [-0.2, 0) is 6.42 Å². The smallest absolute Gasteiger partial charge is 0.0889 e. The largest absolute Gasteiger partial charge is 0.380 e. The molecule has 0 bridgehead atoms. The van der Waals surface area contributed by atoms with Gasteiger partial charge in [0.1, 0.15) is 0 Å². The van der Waals surface area contributed by atoms with E-state index in [1.165, 1.54) is 16.8 Å². The maximum absolute atomic E-state index is 4.38. The summed E-state index contributed by atoms with van der Waals surface area (Å²) in [7, 11) is 0. The first-order valence-electron chi connectivity index (χ1n) is 14.1. The predicted molar refractivity (Wildman–Crippen MR) is 175 cm³/mol.